The quantitative estimate of drug-likeness (QED) is 0.414. The molecular weight excluding hydrogens is 406 g/mol. The number of nitrogens with zero attached hydrogens (tertiary/aromatic N) is 4. The lowest BCUT2D eigenvalue weighted by atomic mass is 10.0. The van der Waals surface area contributed by atoms with Crippen LogP contribution in [0.5, 0.6) is 0 Å². The standard InChI is InChI=1S/C28H27N5/c1-19-14-29-15-20(2)33(19)24-12-10-21(11-13-24)23-16-30-28-27(17-31-32(28)18-23)26-9-5-7-22-6-3-4-8-25(22)26/h3-13,16-20,29H,14-15H2,1-2H3. The Balaban J connectivity index is 1.35. The minimum atomic E-state index is 0.481. The topological polar surface area (TPSA) is 45.5 Å². The third-order valence-electron chi connectivity index (χ3n) is 6.76. The van der Waals surface area contributed by atoms with Crippen LogP contribution in [0.25, 0.3) is 38.7 Å². The molecule has 33 heavy (non-hydrogen) atoms. The molecule has 1 saturated heterocycles. The van der Waals surface area contributed by atoms with E-state index in [1.54, 1.807) is 0 Å². The molecule has 2 aromatic heterocycles. The number of benzene rings is 3. The zero-order valence-electron chi connectivity index (χ0n) is 18.9. The van der Waals surface area contributed by atoms with Crippen molar-refractivity contribution in [2.24, 2.45) is 0 Å². The van der Waals surface area contributed by atoms with Gasteiger partial charge in [0.15, 0.2) is 5.65 Å². The minimum Gasteiger partial charge on any atom is -0.364 e. The molecule has 6 rings (SSSR count). The van der Waals surface area contributed by atoms with Crippen molar-refractivity contribution in [1.82, 2.24) is 19.9 Å². The summed E-state index contributed by atoms with van der Waals surface area (Å²) in [5.74, 6) is 0. The van der Waals surface area contributed by atoms with Crippen LogP contribution in [0.3, 0.4) is 0 Å². The summed E-state index contributed by atoms with van der Waals surface area (Å²) in [5.41, 5.74) is 6.55. The molecule has 1 fully saturated rings. The highest BCUT2D eigenvalue weighted by atomic mass is 15.2. The first-order valence-electron chi connectivity index (χ1n) is 11.6. The number of aromatic nitrogens is 3. The minimum absolute atomic E-state index is 0.481. The van der Waals surface area contributed by atoms with Gasteiger partial charge in [0.25, 0.3) is 0 Å². The normalized spacial score (nSPS) is 18.8. The number of hydrogen-bond acceptors (Lipinski definition) is 4. The first-order chi connectivity index (χ1) is 16.2. The molecule has 5 aromatic rings. The van der Waals surface area contributed by atoms with Gasteiger partial charge in [-0.3, -0.25) is 0 Å². The first kappa shape index (κ1) is 19.9. The van der Waals surface area contributed by atoms with E-state index in [9.17, 15) is 0 Å². The van der Waals surface area contributed by atoms with E-state index in [4.69, 9.17) is 4.98 Å². The van der Waals surface area contributed by atoms with Crippen LogP contribution >= 0.6 is 0 Å². The predicted molar refractivity (Wildman–Crippen MR) is 136 cm³/mol. The first-order valence-corrected chi connectivity index (χ1v) is 11.6. The third kappa shape index (κ3) is 3.45. The molecular formula is C28H27N5. The van der Waals surface area contributed by atoms with E-state index in [-0.39, 0.29) is 0 Å². The van der Waals surface area contributed by atoms with Crippen LogP contribution in [0.2, 0.25) is 0 Å². The average Bonchev–Trinajstić information content (AvgIpc) is 3.27. The Labute approximate surface area is 193 Å². The molecule has 0 saturated carbocycles. The van der Waals surface area contributed by atoms with Crippen LogP contribution in [-0.4, -0.2) is 39.8 Å². The maximum Gasteiger partial charge on any atom is 0.162 e. The van der Waals surface area contributed by atoms with Crippen molar-refractivity contribution < 1.29 is 0 Å². The maximum absolute atomic E-state index is 4.82. The fraction of sp³-hybridized carbons (Fsp3) is 0.214. The van der Waals surface area contributed by atoms with E-state index in [0.717, 1.165) is 41.0 Å². The van der Waals surface area contributed by atoms with Gasteiger partial charge < -0.3 is 10.2 Å². The molecule has 1 aliphatic heterocycles. The van der Waals surface area contributed by atoms with Crippen molar-refractivity contribution >= 4 is 22.1 Å². The number of nitrogens with one attached hydrogen (secondary N) is 1. The van der Waals surface area contributed by atoms with Gasteiger partial charge in [-0.25, -0.2) is 9.50 Å². The van der Waals surface area contributed by atoms with Crippen LogP contribution < -0.4 is 10.2 Å². The zero-order valence-corrected chi connectivity index (χ0v) is 18.9. The van der Waals surface area contributed by atoms with Crippen LogP contribution in [0.15, 0.2) is 85.3 Å². The highest BCUT2D eigenvalue weighted by molar-refractivity contribution is 5.99. The summed E-state index contributed by atoms with van der Waals surface area (Å²) in [5, 5.41) is 10.6. The zero-order chi connectivity index (χ0) is 22.4. The van der Waals surface area contributed by atoms with Crippen LogP contribution in [-0.2, 0) is 0 Å². The fourth-order valence-corrected chi connectivity index (χ4v) is 5.14. The molecule has 1 N–H and O–H groups in total. The molecule has 0 aliphatic carbocycles. The molecule has 5 nitrogen and oxygen atoms in total. The van der Waals surface area contributed by atoms with Crippen LogP contribution in [0.1, 0.15) is 13.8 Å². The summed E-state index contributed by atoms with van der Waals surface area (Å²) in [6, 6.07) is 24.6. The molecule has 0 radical (unpaired) electrons. The van der Waals surface area contributed by atoms with Crippen molar-refractivity contribution in [3.63, 3.8) is 0 Å². The lowest BCUT2D eigenvalue weighted by Gasteiger charge is -2.41. The molecule has 0 spiro atoms. The van der Waals surface area contributed by atoms with Gasteiger partial charge in [0.1, 0.15) is 0 Å². The van der Waals surface area contributed by atoms with E-state index in [0.29, 0.717) is 12.1 Å². The largest absolute Gasteiger partial charge is 0.364 e. The van der Waals surface area contributed by atoms with Crippen molar-refractivity contribution in [3.05, 3.63) is 85.3 Å². The van der Waals surface area contributed by atoms with Gasteiger partial charge in [0.2, 0.25) is 0 Å². The van der Waals surface area contributed by atoms with E-state index in [1.807, 2.05) is 16.9 Å². The van der Waals surface area contributed by atoms with Gasteiger partial charge in [-0.2, -0.15) is 5.10 Å². The Morgan fingerprint density at radius 3 is 2.36 bits per heavy atom. The molecule has 2 atom stereocenters. The fourth-order valence-electron chi connectivity index (χ4n) is 5.14. The van der Waals surface area contributed by atoms with E-state index < -0.39 is 0 Å². The molecule has 1 aliphatic rings. The maximum atomic E-state index is 4.82. The lowest BCUT2D eigenvalue weighted by Crippen LogP contribution is -2.55. The Kier molecular flexibility index (Phi) is 4.84. The second kappa shape index (κ2) is 8.01. The Hall–Kier alpha value is -3.70. The smallest absolute Gasteiger partial charge is 0.162 e. The van der Waals surface area contributed by atoms with E-state index >= 15 is 0 Å². The Bertz CT molecular complexity index is 1420. The molecule has 5 heteroatoms. The molecule has 2 unspecified atom stereocenters. The highest BCUT2D eigenvalue weighted by Gasteiger charge is 2.24. The van der Waals surface area contributed by atoms with E-state index in [1.165, 1.54) is 16.5 Å². The highest BCUT2D eigenvalue weighted by Crippen LogP contribution is 2.32. The van der Waals surface area contributed by atoms with Crippen LogP contribution in [0, 0.1) is 0 Å². The monoisotopic (exact) mass is 433 g/mol. The molecule has 164 valence electrons. The number of rotatable bonds is 3. The van der Waals surface area contributed by atoms with Crippen molar-refractivity contribution in [2.75, 3.05) is 18.0 Å². The van der Waals surface area contributed by atoms with Gasteiger partial charge in [0.05, 0.1) is 6.20 Å². The number of piperazine rings is 1. The summed E-state index contributed by atoms with van der Waals surface area (Å²) >= 11 is 0. The van der Waals surface area contributed by atoms with Gasteiger partial charge in [0, 0.05) is 54.4 Å². The molecule has 3 aromatic carbocycles. The molecule has 3 heterocycles. The predicted octanol–water partition coefficient (Wildman–Crippen LogP) is 5.40. The molecule has 0 bridgehead atoms. The number of anilines is 1. The second-order valence-corrected chi connectivity index (χ2v) is 9.01. The summed E-state index contributed by atoms with van der Waals surface area (Å²) in [6.07, 6.45) is 5.95. The van der Waals surface area contributed by atoms with Crippen molar-refractivity contribution in [2.45, 2.75) is 25.9 Å². The van der Waals surface area contributed by atoms with Gasteiger partial charge in [-0.05, 0) is 47.9 Å². The van der Waals surface area contributed by atoms with E-state index in [2.05, 4.69) is 102 Å². The van der Waals surface area contributed by atoms with Crippen molar-refractivity contribution in [1.29, 1.82) is 0 Å². The average molecular weight is 434 g/mol. The molecule has 0 amide bonds. The summed E-state index contributed by atoms with van der Waals surface area (Å²) in [7, 11) is 0. The SMILES string of the molecule is CC1CNCC(C)N1c1ccc(-c2cnc3c(-c4cccc5ccccc45)cnn3c2)cc1. The number of fused-ring (bicyclic) bond motifs is 2. The van der Waals surface area contributed by atoms with Gasteiger partial charge >= 0.3 is 0 Å². The van der Waals surface area contributed by atoms with Gasteiger partial charge in [-0.15, -0.1) is 0 Å². The Morgan fingerprint density at radius 1 is 0.788 bits per heavy atom. The summed E-state index contributed by atoms with van der Waals surface area (Å²) < 4.78 is 1.89. The lowest BCUT2D eigenvalue weighted by molar-refractivity contribution is 0.432. The second-order valence-electron chi connectivity index (χ2n) is 9.01. The van der Waals surface area contributed by atoms with Crippen LogP contribution in [0.4, 0.5) is 5.69 Å². The van der Waals surface area contributed by atoms with Gasteiger partial charge in [-0.1, -0.05) is 54.6 Å². The summed E-state index contributed by atoms with van der Waals surface area (Å²) in [4.78, 5) is 7.32. The number of hydrogen-bond donors (Lipinski definition) is 1. The third-order valence-corrected chi connectivity index (χ3v) is 6.76. The summed E-state index contributed by atoms with van der Waals surface area (Å²) in [6.45, 7) is 6.59. The van der Waals surface area contributed by atoms with Crippen molar-refractivity contribution in [3.8, 4) is 22.3 Å². The Morgan fingerprint density at radius 2 is 1.55 bits per heavy atom.